The average molecular weight is 334 g/mol. The van der Waals surface area contributed by atoms with Gasteiger partial charge in [-0.2, -0.15) is 0 Å². The zero-order valence-electron chi connectivity index (χ0n) is 14.8. The Morgan fingerprint density at radius 2 is 1.96 bits per heavy atom. The maximum Gasteiger partial charge on any atom is 0.156 e. The summed E-state index contributed by atoms with van der Waals surface area (Å²) < 4.78 is 16.5. The third-order valence-electron chi connectivity index (χ3n) is 8.19. The molecule has 0 unspecified atom stereocenters. The minimum Gasteiger partial charge on any atom is -0.390 e. The molecule has 4 rings (SSSR count). The first kappa shape index (κ1) is 16.4. The van der Waals surface area contributed by atoms with Crippen LogP contribution in [0.5, 0.6) is 0 Å². The van der Waals surface area contributed by atoms with Crippen molar-refractivity contribution in [2.24, 2.45) is 28.6 Å². The monoisotopic (exact) mass is 334 g/mol. The smallest absolute Gasteiger partial charge is 0.156 e. The van der Waals surface area contributed by atoms with Crippen LogP contribution in [-0.4, -0.2) is 28.4 Å². The second-order valence-corrected chi connectivity index (χ2v) is 9.13. The Bertz CT molecular complexity index is 655. The van der Waals surface area contributed by atoms with Crippen LogP contribution < -0.4 is 0 Å². The molecule has 4 heteroatoms. The zero-order chi connectivity index (χ0) is 17.5. The number of aliphatic hydroxyl groups is 1. The predicted octanol–water partition coefficient (Wildman–Crippen LogP) is 3.40. The molecule has 0 spiro atoms. The number of alkyl halides is 1. The molecule has 3 nitrogen and oxygen atoms in total. The van der Waals surface area contributed by atoms with E-state index in [2.05, 4.69) is 6.92 Å². The molecule has 24 heavy (non-hydrogen) atoms. The molecule has 0 aromatic rings. The molecule has 7 atom stereocenters. The van der Waals surface area contributed by atoms with Crippen LogP contribution in [0.15, 0.2) is 11.6 Å². The molecule has 0 amide bonds. The second kappa shape index (κ2) is 4.78. The molecule has 0 radical (unpaired) electrons. The largest absolute Gasteiger partial charge is 0.390 e. The molecule has 0 aromatic carbocycles. The maximum absolute atomic E-state index is 16.5. The minimum atomic E-state index is -1.75. The number of ketones is 2. The lowest BCUT2D eigenvalue weighted by Crippen LogP contribution is -2.66. The van der Waals surface area contributed by atoms with Crippen LogP contribution in [0.1, 0.15) is 59.3 Å². The van der Waals surface area contributed by atoms with E-state index in [0.717, 1.165) is 24.8 Å². The molecule has 0 bridgehead atoms. The van der Waals surface area contributed by atoms with Crippen molar-refractivity contribution in [3.8, 4) is 0 Å². The number of halogens is 1. The molecule has 0 saturated heterocycles. The number of hydrogen-bond donors (Lipinski definition) is 1. The van der Waals surface area contributed by atoms with Gasteiger partial charge in [-0.1, -0.05) is 19.4 Å². The van der Waals surface area contributed by atoms with Crippen molar-refractivity contribution >= 4 is 11.6 Å². The predicted molar refractivity (Wildman–Crippen MR) is 88.0 cm³/mol. The number of carbonyl (C=O) groups is 2. The lowest BCUT2D eigenvalue weighted by Gasteiger charge is -2.61. The number of hydrogen-bond acceptors (Lipinski definition) is 3. The zero-order valence-corrected chi connectivity index (χ0v) is 14.8. The first-order valence-corrected chi connectivity index (χ1v) is 9.26. The van der Waals surface area contributed by atoms with Crippen molar-refractivity contribution in [1.82, 2.24) is 0 Å². The highest BCUT2D eigenvalue weighted by molar-refractivity contribution is 5.94. The Labute approximate surface area is 142 Å². The number of Topliss-reactive ketones (excluding diaryl/α,β-unsaturated/α-hetero) is 1. The fraction of sp³-hybridized carbons (Fsp3) is 0.800. The van der Waals surface area contributed by atoms with Gasteiger partial charge in [0.15, 0.2) is 5.78 Å². The maximum atomic E-state index is 16.5. The van der Waals surface area contributed by atoms with E-state index < -0.39 is 17.2 Å². The molecule has 3 saturated carbocycles. The molecule has 132 valence electrons. The van der Waals surface area contributed by atoms with E-state index in [4.69, 9.17) is 0 Å². The van der Waals surface area contributed by atoms with E-state index in [1.165, 1.54) is 0 Å². The summed E-state index contributed by atoms with van der Waals surface area (Å²) in [6, 6.07) is 0. The molecule has 3 fully saturated rings. The van der Waals surface area contributed by atoms with E-state index in [9.17, 15) is 14.7 Å². The number of rotatable bonds is 1. The summed E-state index contributed by atoms with van der Waals surface area (Å²) in [6.45, 7) is 5.53. The van der Waals surface area contributed by atoms with E-state index >= 15 is 4.39 Å². The summed E-state index contributed by atoms with van der Waals surface area (Å²) in [5.41, 5.74) is -2.05. The fourth-order valence-electron chi connectivity index (χ4n) is 7.09. The molecule has 0 heterocycles. The van der Waals surface area contributed by atoms with Crippen molar-refractivity contribution in [2.75, 3.05) is 0 Å². The Morgan fingerprint density at radius 3 is 2.62 bits per heavy atom. The van der Waals surface area contributed by atoms with Gasteiger partial charge in [0.05, 0.1) is 6.10 Å². The third kappa shape index (κ3) is 1.71. The summed E-state index contributed by atoms with van der Waals surface area (Å²) in [7, 11) is 0. The highest BCUT2D eigenvalue weighted by atomic mass is 19.1. The first-order valence-electron chi connectivity index (χ1n) is 9.26. The lowest BCUT2D eigenvalue weighted by atomic mass is 9.46. The number of allylic oxidation sites excluding steroid dienone is 2. The summed E-state index contributed by atoms with van der Waals surface area (Å²) in [5, 5.41) is 10.9. The van der Waals surface area contributed by atoms with E-state index in [1.54, 1.807) is 13.0 Å². The van der Waals surface area contributed by atoms with Gasteiger partial charge in [-0.15, -0.1) is 0 Å². The van der Waals surface area contributed by atoms with Gasteiger partial charge in [-0.3, -0.25) is 9.59 Å². The third-order valence-corrected chi connectivity index (χ3v) is 8.19. The van der Waals surface area contributed by atoms with Crippen molar-refractivity contribution in [3.63, 3.8) is 0 Å². The Kier molecular flexibility index (Phi) is 3.27. The van der Waals surface area contributed by atoms with Crippen LogP contribution in [0.3, 0.4) is 0 Å². The summed E-state index contributed by atoms with van der Waals surface area (Å²) in [4.78, 5) is 24.1. The number of fused-ring (bicyclic) bond motifs is 5. The Balaban J connectivity index is 1.79. The molecule has 0 aromatic heterocycles. The summed E-state index contributed by atoms with van der Waals surface area (Å²) in [5.74, 6) is -0.0647. The lowest BCUT2D eigenvalue weighted by molar-refractivity contribution is -0.204. The summed E-state index contributed by atoms with van der Waals surface area (Å²) >= 11 is 0. The normalized spacial score (nSPS) is 53.2. The van der Waals surface area contributed by atoms with E-state index in [-0.39, 0.29) is 41.2 Å². The van der Waals surface area contributed by atoms with Crippen LogP contribution in [-0.2, 0) is 9.59 Å². The van der Waals surface area contributed by atoms with Crippen molar-refractivity contribution < 1.29 is 19.1 Å². The molecular formula is C20H27FO3. The van der Waals surface area contributed by atoms with E-state index in [1.807, 2.05) is 6.92 Å². The van der Waals surface area contributed by atoms with Crippen LogP contribution in [0.2, 0.25) is 0 Å². The Morgan fingerprint density at radius 1 is 1.25 bits per heavy atom. The van der Waals surface area contributed by atoms with E-state index in [0.29, 0.717) is 12.8 Å². The SMILES string of the molecule is CC(=O)[C@@H]1CC[C@H]2[C@@H]3CCC4=CC(=O)C[C@]4(C)[C@@]3(F)[C@@H](O)C[C@]12C. The van der Waals surface area contributed by atoms with Gasteiger partial charge < -0.3 is 5.11 Å². The van der Waals surface area contributed by atoms with Crippen molar-refractivity contribution in [3.05, 3.63) is 11.6 Å². The Hall–Kier alpha value is -1.03. The van der Waals surface area contributed by atoms with Crippen molar-refractivity contribution in [2.45, 2.75) is 71.1 Å². The van der Waals surface area contributed by atoms with Gasteiger partial charge in [0.25, 0.3) is 0 Å². The summed E-state index contributed by atoms with van der Waals surface area (Å²) in [6.07, 6.45) is 4.07. The number of aliphatic hydroxyl groups excluding tert-OH is 1. The topological polar surface area (TPSA) is 54.4 Å². The van der Waals surface area contributed by atoms with Gasteiger partial charge in [0.2, 0.25) is 0 Å². The molecule has 4 aliphatic carbocycles. The van der Waals surface area contributed by atoms with Gasteiger partial charge in [-0.25, -0.2) is 4.39 Å². The van der Waals surface area contributed by atoms with Gasteiger partial charge in [-0.05, 0) is 56.4 Å². The standard InChI is InChI=1S/C20H27FO3/c1-11(22)14-6-7-15-16-5-4-12-8-13(23)9-19(12,3)20(16,21)17(24)10-18(14,15)2/h8,14-17,24H,4-7,9-10H2,1-3H3/t14-,15-,16-,17-,18+,19-,20-/m0/s1. The van der Waals surface area contributed by atoms with Crippen LogP contribution >= 0.6 is 0 Å². The molecule has 1 N–H and O–H groups in total. The average Bonchev–Trinajstić information content (AvgIpc) is 2.96. The quantitative estimate of drug-likeness (QED) is 0.800. The molecular weight excluding hydrogens is 307 g/mol. The van der Waals surface area contributed by atoms with Crippen molar-refractivity contribution in [1.29, 1.82) is 0 Å². The first-order chi connectivity index (χ1) is 11.1. The highest BCUT2D eigenvalue weighted by Crippen LogP contribution is 2.69. The fourth-order valence-corrected chi connectivity index (χ4v) is 7.09. The van der Waals surface area contributed by atoms with Crippen LogP contribution in [0.25, 0.3) is 0 Å². The van der Waals surface area contributed by atoms with Crippen LogP contribution in [0, 0.1) is 28.6 Å². The highest BCUT2D eigenvalue weighted by Gasteiger charge is 2.71. The van der Waals surface area contributed by atoms with Crippen LogP contribution in [0.4, 0.5) is 4.39 Å². The molecule has 0 aliphatic heterocycles. The molecule has 4 aliphatic rings. The minimum absolute atomic E-state index is 0.0151. The number of carbonyl (C=O) groups excluding carboxylic acids is 2. The van der Waals surface area contributed by atoms with Gasteiger partial charge in [0, 0.05) is 23.7 Å². The second-order valence-electron chi connectivity index (χ2n) is 9.13. The van der Waals surface area contributed by atoms with Gasteiger partial charge >= 0.3 is 0 Å². The van der Waals surface area contributed by atoms with Gasteiger partial charge in [0.1, 0.15) is 11.5 Å².